The van der Waals surface area contributed by atoms with Gasteiger partial charge in [0, 0.05) is 6.42 Å². The molecule has 15 heavy (non-hydrogen) atoms. The molecular formula is C12H11NO2. The Morgan fingerprint density at radius 3 is 2.53 bits per heavy atom. The molecule has 1 fully saturated rings. The maximum Gasteiger partial charge on any atom is 0.316 e. The van der Waals surface area contributed by atoms with Gasteiger partial charge < -0.3 is 4.74 Å². The van der Waals surface area contributed by atoms with Crippen molar-refractivity contribution in [2.24, 2.45) is 0 Å². The minimum atomic E-state index is -0.527. The Morgan fingerprint density at radius 1 is 1.40 bits per heavy atom. The van der Waals surface area contributed by atoms with Crippen molar-refractivity contribution in [2.45, 2.75) is 18.8 Å². The zero-order valence-corrected chi connectivity index (χ0v) is 8.49. The predicted octanol–water partition coefficient (Wildman–Crippen LogP) is 2.44. The van der Waals surface area contributed by atoms with Crippen LogP contribution in [0.25, 0.3) is 4.85 Å². The Balaban J connectivity index is 2.37. The van der Waals surface area contributed by atoms with Crippen molar-refractivity contribution in [1.82, 2.24) is 0 Å². The minimum Gasteiger partial charge on any atom is -0.465 e. The summed E-state index contributed by atoms with van der Waals surface area (Å²) in [5.41, 5.74) is 0.992. The molecule has 1 aromatic rings. The number of hydrogen-bond donors (Lipinski definition) is 0. The third kappa shape index (κ3) is 1.48. The molecule has 0 unspecified atom stereocenters. The van der Waals surface area contributed by atoms with E-state index in [1.165, 1.54) is 0 Å². The van der Waals surface area contributed by atoms with Crippen molar-refractivity contribution in [3.63, 3.8) is 0 Å². The fraction of sp³-hybridized carbons (Fsp3) is 0.333. The van der Waals surface area contributed by atoms with Gasteiger partial charge in [0.15, 0.2) is 5.69 Å². The first kappa shape index (κ1) is 9.72. The first-order chi connectivity index (χ1) is 7.16. The molecule has 1 aliphatic rings. The van der Waals surface area contributed by atoms with Crippen molar-refractivity contribution in [3.8, 4) is 0 Å². The van der Waals surface area contributed by atoms with E-state index in [2.05, 4.69) is 4.85 Å². The van der Waals surface area contributed by atoms with Crippen LogP contribution < -0.4 is 0 Å². The number of esters is 1. The molecule has 0 spiro atoms. The minimum absolute atomic E-state index is 0.168. The number of carbonyl (C=O) groups excluding carboxylic acids is 1. The molecule has 0 aliphatic carbocycles. The van der Waals surface area contributed by atoms with Crippen LogP contribution in [-0.2, 0) is 14.9 Å². The van der Waals surface area contributed by atoms with Crippen LogP contribution in [0.4, 0.5) is 5.69 Å². The number of ether oxygens (including phenoxy) is 1. The number of nitrogens with zero attached hydrogens (tertiary/aromatic N) is 1. The van der Waals surface area contributed by atoms with Gasteiger partial charge in [-0.2, -0.15) is 0 Å². The standard InChI is InChI=1S/C12H11NO2/c1-12(7-8-15-11(12)14)9-3-5-10(13-2)6-4-9/h3-6H,7-8H2,1H3/t12-/m0/s1. The summed E-state index contributed by atoms with van der Waals surface area (Å²) < 4.78 is 4.98. The van der Waals surface area contributed by atoms with E-state index in [0.29, 0.717) is 18.7 Å². The van der Waals surface area contributed by atoms with Gasteiger partial charge in [0.05, 0.1) is 18.6 Å². The third-order valence-electron chi connectivity index (χ3n) is 2.92. The van der Waals surface area contributed by atoms with Gasteiger partial charge in [-0.1, -0.05) is 24.3 Å². The van der Waals surface area contributed by atoms with Gasteiger partial charge >= 0.3 is 5.97 Å². The van der Waals surface area contributed by atoms with Gasteiger partial charge in [-0.25, -0.2) is 4.85 Å². The topological polar surface area (TPSA) is 30.7 Å². The van der Waals surface area contributed by atoms with E-state index in [1.807, 2.05) is 19.1 Å². The molecule has 2 rings (SSSR count). The first-order valence-electron chi connectivity index (χ1n) is 4.82. The van der Waals surface area contributed by atoms with E-state index in [4.69, 9.17) is 11.3 Å². The molecule has 0 amide bonds. The van der Waals surface area contributed by atoms with Crippen molar-refractivity contribution in [3.05, 3.63) is 41.2 Å². The smallest absolute Gasteiger partial charge is 0.316 e. The van der Waals surface area contributed by atoms with Gasteiger partial charge in [-0.15, -0.1) is 0 Å². The maximum atomic E-state index is 11.6. The Bertz CT molecular complexity index is 430. The average molecular weight is 201 g/mol. The second-order valence-electron chi connectivity index (χ2n) is 3.88. The zero-order valence-electron chi connectivity index (χ0n) is 8.49. The summed E-state index contributed by atoms with van der Waals surface area (Å²) >= 11 is 0. The lowest BCUT2D eigenvalue weighted by molar-refractivity contribution is -0.142. The quantitative estimate of drug-likeness (QED) is 0.516. The highest BCUT2D eigenvalue weighted by Crippen LogP contribution is 2.34. The lowest BCUT2D eigenvalue weighted by Crippen LogP contribution is -2.27. The van der Waals surface area contributed by atoms with E-state index in [1.54, 1.807) is 12.1 Å². The molecule has 3 heteroatoms. The third-order valence-corrected chi connectivity index (χ3v) is 2.92. The second-order valence-corrected chi connectivity index (χ2v) is 3.88. The molecule has 1 heterocycles. The lowest BCUT2D eigenvalue weighted by atomic mass is 9.81. The molecule has 0 N–H and O–H groups in total. The zero-order chi connectivity index (χ0) is 10.9. The van der Waals surface area contributed by atoms with Crippen molar-refractivity contribution in [1.29, 1.82) is 0 Å². The molecule has 0 saturated carbocycles. The largest absolute Gasteiger partial charge is 0.465 e. The predicted molar refractivity (Wildman–Crippen MR) is 55.6 cm³/mol. The lowest BCUT2D eigenvalue weighted by Gasteiger charge is -2.19. The number of cyclic esters (lactones) is 1. The first-order valence-corrected chi connectivity index (χ1v) is 4.82. The number of benzene rings is 1. The van der Waals surface area contributed by atoms with Crippen LogP contribution >= 0.6 is 0 Å². The Hall–Kier alpha value is -1.82. The maximum absolute atomic E-state index is 11.6. The SMILES string of the molecule is [C-]#[N+]c1ccc([C@]2(C)CCOC2=O)cc1. The highest BCUT2D eigenvalue weighted by molar-refractivity contribution is 5.84. The second kappa shape index (κ2) is 3.39. The summed E-state index contributed by atoms with van der Waals surface area (Å²) in [7, 11) is 0. The van der Waals surface area contributed by atoms with E-state index in [9.17, 15) is 4.79 Å². The molecule has 1 saturated heterocycles. The average Bonchev–Trinajstić information content (AvgIpc) is 2.61. The normalized spacial score (nSPS) is 24.7. The van der Waals surface area contributed by atoms with Gasteiger partial charge in [0.2, 0.25) is 0 Å². The van der Waals surface area contributed by atoms with Gasteiger partial charge in [0.1, 0.15) is 0 Å². The van der Waals surface area contributed by atoms with Crippen molar-refractivity contribution < 1.29 is 9.53 Å². The molecule has 1 aliphatic heterocycles. The Labute approximate surface area is 88.5 Å². The monoisotopic (exact) mass is 201 g/mol. The van der Waals surface area contributed by atoms with Crippen LogP contribution in [0.5, 0.6) is 0 Å². The highest BCUT2D eigenvalue weighted by atomic mass is 16.5. The summed E-state index contributed by atoms with van der Waals surface area (Å²) in [6, 6.07) is 7.14. The molecule has 0 radical (unpaired) electrons. The number of rotatable bonds is 1. The van der Waals surface area contributed by atoms with Crippen LogP contribution in [0.2, 0.25) is 0 Å². The summed E-state index contributed by atoms with van der Waals surface area (Å²) in [4.78, 5) is 14.9. The van der Waals surface area contributed by atoms with Crippen molar-refractivity contribution in [2.75, 3.05) is 6.61 Å². The fourth-order valence-corrected chi connectivity index (χ4v) is 1.78. The molecular weight excluding hydrogens is 190 g/mol. The van der Waals surface area contributed by atoms with Crippen LogP contribution in [0.15, 0.2) is 24.3 Å². The Morgan fingerprint density at radius 2 is 2.07 bits per heavy atom. The summed E-state index contributed by atoms with van der Waals surface area (Å²) in [6.45, 7) is 9.22. The summed E-state index contributed by atoms with van der Waals surface area (Å²) in [6.07, 6.45) is 0.712. The van der Waals surface area contributed by atoms with Crippen LogP contribution in [0.1, 0.15) is 18.9 Å². The van der Waals surface area contributed by atoms with E-state index in [-0.39, 0.29) is 5.97 Å². The summed E-state index contributed by atoms with van der Waals surface area (Å²) in [5.74, 6) is -0.168. The summed E-state index contributed by atoms with van der Waals surface area (Å²) in [5, 5.41) is 0. The van der Waals surface area contributed by atoms with Gasteiger partial charge in [0.25, 0.3) is 0 Å². The van der Waals surface area contributed by atoms with Gasteiger partial charge in [-0.05, 0) is 12.5 Å². The van der Waals surface area contributed by atoms with Crippen LogP contribution in [0, 0.1) is 6.57 Å². The molecule has 76 valence electrons. The molecule has 1 aromatic carbocycles. The number of hydrogen-bond acceptors (Lipinski definition) is 2. The van der Waals surface area contributed by atoms with Crippen LogP contribution in [-0.4, -0.2) is 12.6 Å². The molecule has 1 atom stereocenters. The molecule has 0 aromatic heterocycles. The van der Waals surface area contributed by atoms with E-state index < -0.39 is 5.41 Å². The van der Waals surface area contributed by atoms with Gasteiger partial charge in [-0.3, -0.25) is 4.79 Å². The molecule has 3 nitrogen and oxygen atoms in total. The number of carbonyl (C=O) groups is 1. The fourth-order valence-electron chi connectivity index (χ4n) is 1.78. The highest BCUT2D eigenvalue weighted by Gasteiger charge is 2.41. The van der Waals surface area contributed by atoms with E-state index >= 15 is 0 Å². The van der Waals surface area contributed by atoms with Crippen LogP contribution in [0.3, 0.4) is 0 Å². The van der Waals surface area contributed by atoms with Crippen molar-refractivity contribution >= 4 is 11.7 Å². The Kier molecular flexibility index (Phi) is 2.20. The van der Waals surface area contributed by atoms with E-state index in [0.717, 1.165) is 5.56 Å². The molecule has 0 bridgehead atoms.